The fraction of sp³-hybridized carbons (Fsp3) is 0.708. The first-order valence-corrected chi connectivity index (χ1v) is 12.0. The van der Waals surface area contributed by atoms with Crippen LogP contribution in [-0.2, 0) is 0 Å². The SMILES string of the molecule is CCC.CN(C)C(=O)c1ccc(N2CCC(N3CC4(CCNCC4)C3)CC2)cc1Cl. The summed E-state index contributed by atoms with van der Waals surface area (Å²) in [5.74, 6) is -0.0464. The molecule has 0 aromatic heterocycles. The third kappa shape index (κ3) is 5.30. The minimum atomic E-state index is -0.0464. The van der Waals surface area contributed by atoms with Crippen LogP contribution in [-0.4, -0.2) is 75.1 Å². The van der Waals surface area contributed by atoms with Gasteiger partial charge in [-0.15, -0.1) is 0 Å². The Kier molecular flexibility index (Phi) is 8.05. The average Bonchev–Trinajstić information content (AvgIpc) is 2.72. The lowest BCUT2D eigenvalue weighted by molar-refractivity contribution is -0.0557. The molecule has 3 aliphatic rings. The molecule has 0 radical (unpaired) electrons. The number of carbonyl (C=O) groups is 1. The van der Waals surface area contributed by atoms with E-state index in [2.05, 4.69) is 29.0 Å². The van der Waals surface area contributed by atoms with Crippen molar-refractivity contribution in [1.29, 1.82) is 0 Å². The molecule has 1 aromatic carbocycles. The molecule has 3 aliphatic heterocycles. The number of carbonyl (C=O) groups excluding carboxylic acids is 1. The number of halogens is 1. The van der Waals surface area contributed by atoms with E-state index in [0.29, 0.717) is 16.0 Å². The second kappa shape index (κ2) is 10.3. The van der Waals surface area contributed by atoms with E-state index in [1.54, 1.807) is 19.0 Å². The second-order valence-corrected chi connectivity index (χ2v) is 9.85. The quantitative estimate of drug-likeness (QED) is 0.776. The number of amides is 1. The Balaban J connectivity index is 0.000000806. The lowest BCUT2D eigenvalue weighted by Crippen LogP contribution is -2.63. The van der Waals surface area contributed by atoms with Crippen molar-refractivity contribution in [1.82, 2.24) is 15.1 Å². The summed E-state index contributed by atoms with van der Waals surface area (Å²) in [6.45, 7) is 11.4. The molecule has 30 heavy (non-hydrogen) atoms. The maximum Gasteiger partial charge on any atom is 0.254 e. The Hall–Kier alpha value is -1.30. The molecule has 168 valence electrons. The van der Waals surface area contributed by atoms with Crippen molar-refractivity contribution >= 4 is 23.2 Å². The van der Waals surface area contributed by atoms with Crippen LogP contribution in [0.1, 0.15) is 56.3 Å². The minimum absolute atomic E-state index is 0.0464. The van der Waals surface area contributed by atoms with E-state index in [1.807, 2.05) is 18.2 Å². The van der Waals surface area contributed by atoms with Crippen molar-refractivity contribution < 1.29 is 4.79 Å². The molecule has 5 nitrogen and oxygen atoms in total. The van der Waals surface area contributed by atoms with Crippen LogP contribution < -0.4 is 10.2 Å². The molecule has 1 aromatic rings. The largest absolute Gasteiger partial charge is 0.371 e. The number of benzene rings is 1. The van der Waals surface area contributed by atoms with Crippen LogP contribution in [0.4, 0.5) is 5.69 Å². The first-order chi connectivity index (χ1) is 14.4. The Morgan fingerprint density at radius 2 is 1.77 bits per heavy atom. The molecule has 6 heteroatoms. The molecule has 1 amide bonds. The number of likely N-dealkylation sites (tertiary alicyclic amines) is 1. The van der Waals surface area contributed by atoms with Gasteiger partial charge in [0.05, 0.1) is 10.6 Å². The van der Waals surface area contributed by atoms with Crippen molar-refractivity contribution in [3.63, 3.8) is 0 Å². The minimum Gasteiger partial charge on any atom is -0.371 e. The molecule has 0 atom stereocenters. The van der Waals surface area contributed by atoms with Crippen LogP contribution in [0, 0.1) is 5.41 Å². The zero-order chi connectivity index (χ0) is 21.7. The fourth-order valence-corrected chi connectivity index (χ4v) is 5.21. The van der Waals surface area contributed by atoms with Gasteiger partial charge in [-0.05, 0) is 62.4 Å². The van der Waals surface area contributed by atoms with Gasteiger partial charge in [-0.2, -0.15) is 0 Å². The molecule has 4 rings (SSSR count). The first kappa shape index (κ1) is 23.4. The summed E-state index contributed by atoms with van der Waals surface area (Å²) in [5.41, 5.74) is 2.32. The van der Waals surface area contributed by atoms with Crippen molar-refractivity contribution in [2.75, 3.05) is 58.3 Å². The van der Waals surface area contributed by atoms with Crippen LogP contribution in [0.3, 0.4) is 0 Å². The van der Waals surface area contributed by atoms with Gasteiger partial charge in [0.25, 0.3) is 5.91 Å². The maximum atomic E-state index is 12.2. The molecule has 3 fully saturated rings. The maximum absolute atomic E-state index is 12.2. The topological polar surface area (TPSA) is 38.8 Å². The Morgan fingerprint density at radius 1 is 1.17 bits per heavy atom. The fourth-order valence-electron chi connectivity index (χ4n) is 4.95. The highest BCUT2D eigenvalue weighted by Crippen LogP contribution is 2.41. The Bertz CT molecular complexity index is 701. The molecular formula is C24H39ClN4O. The van der Waals surface area contributed by atoms with Gasteiger partial charge >= 0.3 is 0 Å². The van der Waals surface area contributed by atoms with Gasteiger partial charge in [0.2, 0.25) is 0 Å². The third-order valence-electron chi connectivity index (χ3n) is 6.68. The van der Waals surface area contributed by atoms with Gasteiger partial charge < -0.3 is 15.1 Å². The Labute approximate surface area is 187 Å². The highest BCUT2D eigenvalue weighted by atomic mass is 35.5. The molecule has 0 bridgehead atoms. The molecule has 1 N–H and O–H groups in total. The number of anilines is 1. The lowest BCUT2D eigenvalue weighted by atomic mass is 9.71. The van der Waals surface area contributed by atoms with Crippen LogP contribution in [0.2, 0.25) is 5.02 Å². The molecular weight excluding hydrogens is 396 g/mol. The summed E-state index contributed by atoms with van der Waals surface area (Å²) >= 11 is 6.39. The van der Waals surface area contributed by atoms with Gasteiger partial charge in [0, 0.05) is 52.0 Å². The van der Waals surface area contributed by atoms with E-state index >= 15 is 0 Å². The van der Waals surface area contributed by atoms with Gasteiger partial charge in [-0.25, -0.2) is 0 Å². The number of nitrogens with one attached hydrogen (secondary N) is 1. The number of hydrogen-bond donors (Lipinski definition) is 1. The molecule has 3 saturated heterocycles. The van der Waals surface area contributed by atoms with Crippen LogP contribution in [0.15, 0.2) is 18.2 Å². The van der Waals surface area contributed by atoms with Crippen molar-refractivity contribution in [2.24, 2.45) is 5.41 Å². The van der Waals surface area contributed by atoms with Gasteiger partial charge in [0.1, 0.15) is 0 Å². The average molecular weight is 435 g/mol. The van der Waals surface area contributed by atoms with Crippen molar-refractivity contribution in [2.45, 2.75) is 52.0 Å². The van der Waals surface area contributed by atoms with E-state index in [-0.39, 0.29) is 5.91 Å². The van der Waals surface area contributed by atoms with Crippen molar-refractivity contribution in [3.05, 3.63) is 28.8 Å². The first-order valence-electron chi connectivity index (χ1n) is 11.6. The summed E-state index contributed by atoms with van der Waals surface area (Å²) in [7, 11) is 3.50. The van der Waals surface area contributed by atoms with E-state index in [0.717, 1.165) is 24.8 Å². The highest BCUT2D eigenvalue weighted by molar-refractivity contribution is 6.34. The molecule has 0 saturated carbocycles. The number of nitrogens with zero attached hydrogens (tertiary/aromatic N) is 3. The van der Waals surface area contributed by atoms with E-state index in [4.69, 9.17) is 11.6 Å². The summed E-state index contributed by atoms with van der Waals surface area (Å²) in [6.07, 6.45) is 6.37. The van der Waals surface area contributed by atoms with E-state index in [9.17, 15) is 4.79 Å². The third-order valence-corrected chi connectivity index (χ3v) is 6.99. The lowest BCUT2D eigenvalue weighted by Gasteiger charge is -2.56. The molecule has 0 unspecified atom stereocenters. The van der Waals surface area contributed by atoms with Crippen LogP contribution in [0.5, 0.6) is 0 Å². The zero-order valence-corrected chi connectivity index (χ0v) is 20.0. The number of hydrogen-bond acceptors (Lipinski definition) is 4. The standard InChI is InChI=1S/C21H31ClN4O.C3H8/c1-24(2)20(27)18-4-3-17(13-19(18)22)25-11-5-16(6-12-25)26-14-21(15-26)7-9-23-10-8-21;1-3-2/h3-4,13,16,23H,5-12,14-15H2,1-2H3;3H2,1-2H3. The summed E-state index contributed by atoms with van der Waals surface area (Å²) in [6, 6.07) is 6.58. The monoisotopic (exact) mass is 434 g/mol. The molecule has 3 heterocycles. The predicted molar refractivity (Wildman–Crippen MR) is 127 cm³/mol. The molecule has 0 aliphatic carbocycles. The van der Waals surface area contributed by atoms with E-state index < -0.39 is 0 Å². The van der Waals surface area contributed by atoms with Crippen LogP contribution >= 0.6 is 11.6 Å². The number of piperidine rings is 2. The summed E-state index contributed by atoms with van der Waals surface area (Å²) in [5, 5.41) is 4.03. The second-order valence-electron chi connectivity index (χ2n) is 9.44. The summed E-state index contributed by atoms with van der Waals surface area (Å²) in [4.78, 5) is 18.8. The summed E-state index contributed by atoms with van der Waals surface area (Å²) < 4.78 is 0. The van der Waals surface area contributed by atoms with Gasteiger partial charge in [-0.1, -0.05) is 31.9 Å². The smallest absolute Gasteiger partial charge is 0.254 e. The molecule has 1 spiro atoms. The van der Waals surface area contributed by atoms with Gasteiger partial charge in [-0.3, -0.25) is 9.69 Å². The van der Waals surface area contributed by atoms with E-state index in [1.165, 1.54) is 58.3 Å². The number of rotatable bonds is 3. The predicted octanol–water partition coefficient (Wildman–Crippen LogP) is 4.11. The van der Waals surface area contributed by atoms with Crippen molar-refractivity contribution in [3.8, 4) is 0 Å². The zero-order valence-electron chi connectivity index (χ0n) is 19.2. The normalized spacial score (nSPS) is 21.6. The highest BCUT2D eigenvalue weighted by Gasteiger charge is 2.45. The van der Waals surface area contributed by atoms with Gasteiger partial charge in [0.15, 0.2) is 0 Å². The Morgan fingerprint density at radius 3 is 2.30 bits per heavy atom. The van der Waals surface area contributed by atoms with Crippen LogP contribution in [0.25, 0.3) is 0 Å².